The second-order valence-corrected chi connectivity index (χ2v) is 6.64. The van der Waals surface area contributed by atoms with E-state index >= 15 is 0 Å². The van der Waals surface area contributed by atoms with Gasteiger partial charge in [0.25, 0.3) is 0 Å². The summed E-state index contributed by atoms with van der Waals surface area (Å²) in [7, 11) is 0. The molecule has 1 saturated heterocycles. The highest BCUT2D eigenvalue weighted by Crippen LogP contribution is 2.38. The van der Waals surface area contributed by atoms with E-state index in [4.69, 9.17) is 0 Å². The fourth-order valence-corrected chi connectivity index (χ4v) is 3.97. The van der Waals surface area contributed by atoms with Gasteiger partial charge in [0.2, 0.25) is 0 Å². The molecule has 116 valence electrons. The minimum absolute atomic E-state index is 0.883. The van der Waals surface area contributed by atoms with Gasteiger partial charge in [-0.1, -0.05) is 26.2 Å². The SMILES string of the molecule is CCCNc1ncnc(N2CCC3CCCCC3C2)c1C. The molecule has 4 heteroatoms. The average Bonchev–Trinajstić information content (AvgIpc) is 2.53. The minimum atomic E-state index is 0.883. The third-order valence-electron chi connectivity index (χ3n) is 5.19. The largest absolute Gasteiger partial charge is 0.370 e. The Morgan fingerprint density at radius 3 is 2.81 bits per heavy atom. The lowest BCUT2D eigenvalue weighted by Gasteiger charge is -2.42. The molecule has 2 unspecified atom stereocenters. The summed E-state index contributed by atoms with van der Waals surface area (Å²) in [5.41, 5.74) is 1.21. The molecule has 2 atom stereocenters. The Bertz CT molecular complexity index is 474. The highest BCUT2D eigenvalue weighted by Gasteiger charge is 2.32. The van der Waals surface area contributed by atoms with Crippen LogP contribution in [0.15, 0.2) is 6.33 Å². The topological polar surface area (TPSA) is 41.1 Å². The molecular weight excluding hydrogens is 260 g/mol. The van der Waals surface area contributed by atoms with Crippen LogP contribution in [0.2, 0.25) is 0 Å². The molecule has 21 heavy (non-hydrogen) atoms. The van der Waals surface area contributed by atoms with Gasteiger partial charge in [-0.2, -0.15) is 0 Å². The van der Waals surface area contributed by atoms with Crippen LogP contribution in [-0.2, 0) is 0 Å². The van der Waals surface area contributed by atoms with Crippen molar-refractivity contribution in [3.63, 3.8) is 0 Å². The van der Waals surface area contributed by atoms with Crippen molar-refractivity contribution in [2.24, 2.45) is 11.8 Å². The molecule has 0 radical (unpaired) electrons. The number of nitrogens with one attached hydrogen (secondary N) is 1. The van der Waals surface area contributed by atoms with Crippen LogP contribution in [0.4, 0.5) is 11.6 Å². The fourth-order valence-electron chi connectivity index (χ4n) is 3.97. The van der Waals surface area contributed by atoms with Gasteiger partial charge >= 0.3 is 0 Å². The summed E-state index contributed by atoms with van der Waals surface area (Å²) in [4.78, 5) is 11.5. The quantitative estimate of drug-likeness (QED) is 0.918. The average molecular weight is 288 g/mol. The smallest absolute Gasteiger partial charge is 0.137 e. The van der Waals surface area contributed by atoms with E-state index in [0.29, 0.717) is 0 Å². The second kappa shape index (κ2) is 6.63. The summed E-state index contributed by atoms with van der Waals surface area (Å²) in [5, 5.41) is 3.42. The van der Waals surface area contributed by atoms with E-state index in [1.54, 1.807) is 6.33 Å². The van der Waals surface area contributed by atoms with Gasteiger partial charge in [0.1, 0.15) is 18.0 Å². The highest BCUT2D eigenvalue weighted by atomic mass is 15.2. The standard InChI is InChI=1S/C17H28N4/c1-3-9-18-16-13(2)17(20-12-19-16)21-10-8-14-6-4-5-7-15(14)11-21/h12,14-15H,3-11H2,1-2H3,(H,18,19,20). The van der Waals surface area contributed by atoms with Crippen LogP contribution in [-0.4, -0.2) is 29.6 Å². The molecule has 0 amide bonds. The molecule has 2 aliphatic rings. The van der Waals surface area contributed by atoms with E-state index in [-0.39, 0.29) is 0 Å². The van der Waals surface area contributed by atoms with Gasteiger partial charge in [0.05, 0.1) is 0 Å². The first-order valence-electron chi connectivity index (χ1n) is 8.60. The van der Waals surface area contributed by atoms with E-state index in [0.717, 1.165) is 43.0 Å². The summed E-state index contributed by atoms with van der Waals surface area (Å²) in [5.74, 6) is 4.00. The van der Waals surface area contributed by atoms with E-state index in [2.05, 4.69) is 34.0 Å². The normalized spacial score (nSPS) is 25.5. The molecule has 1 N–H and O–H groups in total. The molecule has 1 aromatic rings. The third-order valence-corrected chi connectivity index (χ3v) is 5.19. The maximum absolute atomic E-state index is 4.58. The zero-order chi connectivity index (χ0) is 14.7. The Morgan fingerprint density at radius 2 is 2.00 bits per heavy atom. The monoisotopic (exact) mass is 288 g/mol. The molecule has 0 bridgehead atoms. The van der Waals surface area contributed by atoms with Crippen LogP contribution in [0.5, 0.6) is 0 Å². The highest BCUT2D eigenvalue weighted by molar-refractivity contribution is 5.58. The lowest BCUT2D eigenvalue weighted by Crippen LogP contribution is -2.42. The van der Waals surface area contributed by atoms with E-state index < -0.39 is 0 Å². The number of aromatic nitrogens is 2. The number of anilines is 2. The van der Waals surface area contributed by atoms with Gasteiger partial charge in [-0.3, -0.25) is 0 Å². The maximum atomic E-state index is 4.58. The van der Waals surface area contributed by atoms with Crippen molar-refractivity contribution in [3.05, 3.63) is 11.9 Å². The zero-order valence-electron chi connectivity index (χ0n) is 13.4. The van der Waals surface area contributed by atoms with Crippen molar-refractivity contribution in [2.75, 3.05) is 29.9 Å². The molecular formula is C17H28N4. The molecule has 1 saturated carbocycles. The molecule has 3 rings (SSSR count). The number of rotatable bonds is 4. The van der Waals surface area contributed by atoms with Crippen LogP contribution in [0.1, 0.15) is 51.0 Å². The summed E-state index contributed by atoms with van der Waals surface area (Å²) in [6.07, 6.45) is 9.89. The van der Waals surface area contributed by atoms with E-state index in [1.165, 1.54) is 44.2 Å². The number of fused-ring (bicyclic) bond motifs is 1. The van der Waals surface area contributed by atoms with Crippen molar-refractivity contribution in [3.8, 4) is 0 Å². The summed E-state index contributed by atoms with van der Waals surface area (Å²) in [6.45, 7) is 7.66. The molecule has 1 aliphatic carbocycles. The van der Waals surface area contributed by atoms with Crippen LogP contribution in [0.25, 0.3) is 0 Å². The summed E-state index contributed by atoms with van der Waals surface area (Å²) >= 11 is 0. The Labute approximate surface area is 128 Å². The molecule has 2 fully saturated rings. The molecule has 2 heterocycles. The van der Waals surface area contributed by atoms with E-state index in [1.807, 2.05) is 0 Å². The Kier molecular flexibility index (Phi) is 4.61. The third kappa shape index (κ3) is 3.14. The Balaban J connectivity index is 1.74. The predicted octanol–water partition coefficient (Wildman–Crippen LogP) is 3.62. The molecule has 0 aromatic carbocycles. The Morgan fingerprint density at radius 1 is 1.19 bits per heavy atom. The maximum Gasteiger partial charge on any atom is 0.137 e. The van der Waals surface area contributed by atoms with Gasteiger partial charge in [0, 0.05) is 25.2 Å². The van der Waals surface area contributed by atoms with Crippen molar-refractivity contribution in [1.82, 2.24) is 9.97 Å². The fraction of sp³-hybridized carbons (Fsp3) is 0.765. The number of piperidine rings is 1. The lowest BCUT2D eigenvalue weighted by atomic mass is 9.75. The van der Waals surface area contributed by atoms with Crippen molar-refractivity contribution >= 4 is 11.6 Å². The van der Waals surface area contributed by atoms with Crippen molar-refractivity contribution < 1.29 is 0 Å². The van der Waals surface area contributed by atoms with E-state index in [9.17, 15) is 0 Å². The van der Waals surface area contributed by atoms with Gasteiger partial charge in [-0.15, -0.1) is 0 Å². The Hall–Kier alpha value is -1.32. The minimum Gasteiger partial charge on any atom is -0.370 e. The predicted molar refractivity (Wildman–Crippen MR) is 87.8 cm³/mol. The summed E-state index contributed by atoms with van der Waals surface area (Å²) < 4.78 is 0. The first-order valence-corrected chi connectivity index (χ1v) is 8.60. The number of hydrogen-bond acceptors (Lipinski definition) is 4. The van der Waals surface area contributed by atoms with Crippen LogP contribution in [0.3, 0.4) is 0 Å². The van der Waals surface area contributed by atoms with Gasteiger partial charge in [-0.05, 0) is 38.0 Å². The van der Waals surface area contributed by atoms with Crippen molar-refractivity contribution in [2.45, 2.75) is 52.4 Å². The lowest BCUT2D eigenvalue weighted by molar-refractivity contribution is 0.202. The van der Waals surface area contributed by atoms with Gasteiger partial charge in [-0.25, -0.2) is 9.97 Å². The number of hydrogen-bond donors (Lipinski definition) is 1. The zero-order valence-corrected chi connectivity index (χ0v) is 13.4. The number of nitrogens with zero attached hydrogens (tertiary/aromatic N) is 3. The van der Waals surface area contributed by atoms with Crippen molar-refractivity contribution in [1.29, 1.82) is 0 Å². The molecule has 1 aromatic heterocycles. The molecule has 1 aliphatic heterocycles. The second-order valence-electron chi connectivity index (χ2n) is 6.64. The first kappa shape index (κ1) is 14.6. The first-order chi connectivity index (χ1) is 10.3. The van der Waals surface area contributed by atoms with Crippen LogP contribution >= 0.6 is 0 Å². The van der Waals surface area contributed by atoms with Gasteiger partial charge in [0.15, 0.2) is 0 Å². The van der Waals surface area contributed by atoms with Gasteiger partial charge < -0.3 is 10.2 Å². The van der Waals surface area contributed by atoms with Crippen LogP contribution < -0.4 is 10.2 Å². The molecule has 0 spiro atoms. The molecule has 4 nitrogen and oxygen atoms in total. The van der Waals surface area contributed by atoms with Crippen LogP contribution in [0, 0.1) is 18.8 Å². The summed E-state index contributed by atoms with van der Waals surface area (Å²) in [6, 6.07) is 0.